The molecule has 5 nitrogen and oxygen atoms in total. The summed E-state index contributed by atoms with van der Waals surface area (Å²) in [5.74, 6) is 0.540. The number of aryl methyl sites for hydroxylation is 1. The van der Waals surface area contributed by atoms with Gasteiger partial charge in [-0.3, -0.25) is 9.48 Å². The van der Waals surface area contributed by atoms with Gasteiger partial charge in [0.15, 0.2) is 6.61 Å². The Hall–Kier alpha value is -2.82. The molecule has 5 heteroatoms. The topological polar surface area (TPSA) is 56.1 Å². The fraction of sp³-hybridized carbons (Fsp3) is 0.222. The van der Waals surface area contributed by atoms with Crippen molar-refractivity contribution in [2.45, 2.75) is 13.5 Å². The van der Waals surface area contributed by atoms with Gasteiger partial charge in [0.2, 0.25) is 0 Å². The number of aromatic nitrogens is 2. The molecule has 0 saturated heterocycles. The molecular weight excluding hydrogens is 290 g/mol. The third kappa shape index (κ3) is 3.51. The Bertz CT molecular complexity index is 839. The molecule has 1 N–H and O–H groups in total. The van der Waals surface area contributed by atoms with Crippen molar-refractivity contribution in [1.82, 2.24) is 15.1 Å². The zero-order valence-electron chi connectivity index (χ0n) is 13.2. The molecule has 0 radical (unpaired) electrons. The van der Waals surface area contributed by atoms with Crippen LogP contribution in [0, 0.1) is 6.92 Å². The Morgan fingerprint density at radius 1 is 1.22 bits per heavy atom. The number of hydrogen-bond donors (Lipinski definition) is 1. The van der Waals surface area contributed by atoms with E-state index in [2.05, 4.69) is 10.4 Å². The van der Waals surface area contributed by atoms with Crippen molar-refractivity contribution in [3.8, 4) is 5.75 Å². The second-order valence-corrected chi connectivity index (χ2v) is 5.45. The van der Waals surface area contributed by atoms with Crippen molar-refractivity contribution in [3.05, 3.63) is 59.9 Å². The zero-order valence-corrected chi connectivity index (χ0v) is 13.2. The number of fused-ring (bicyclic) bond motifs is 1. The standard InChI is InChI=1S/C18H19N3O2/c1-13-16(11-20-21(13)2)10-19-18(22)12-23-17-8-7-14-5-3-4-6-15(14)9-17/h3-9,11H,10,12H2,1-2H3,(H,19,22). The molecule has 23 heavy (non-hydrogen) atoms. The number of carbonyl (C=O) groups is 1. The third-order valence-electron chi connectivity index (χ3n) is 3.90. The Morgan fingerprint density at radius 2 is 2.00 bits per heavy atom. The second-order valence-electron chi connectivity index (χ2n) is 5.45. The lowest BCUT2D eigenvalue weighted by Crippen LogP contribution is -2.28. The predicted molar refractivity (Wildman–Crippen MR) is 89.2 cm³/mol. The highest BCUT2D eigenvalue weighted by molar-refractivity contribution is 5.84. The highest BCUT2D eigenvalue weighted by atomic mass is 16.5. The first-order valence-corrected chi connectivity index (χ1v) is 7.49. The largest absolute Gasteiger partial charge is 0.484 e. The fourth-order valence-corrected chi connectivity index (χ4v) is 2.37. The van der Waals surface area contributed by atoms with Crippen molar-refractivity contribution in [2.24, 2.45) is 7.05 Å². The molecule has 0 aliphatic heterocycles. The highest BCUT2D eigenvalue weighted by Crippen LogP contribution is 2.20. The smallest absolute Gasteiger partial charge is 0.258 e. The summed E-state index contributed by atoms with van der Waals surface area (Å²) in [6.45, 7) is 2.43. The summed E-state index contributed by atoms with van der Waals surface area (Å²) in [5, 5.41) is 9.24. The molecule has 0 atom stereocenters. The number of amides is 1. The average molecular weight is 309 g/mol. The first-order valence-electron chi connectivity index (χ1n) is 7.49. The van der Waals surface area contributed by atoms with E-state index in [1.165, 1.54) is 0 Å². The maximum atomic E-state index is 11.9. The van der Waals surface area contributed by atoms with E-state index in [9.17, 15) is 4.79 Å². The van der Waals surface area contributed by atoms with E-state index in [0.29, 0.717) is 12.3 Å². The Labute approximate surface area is 134 Å². The lowest BCUT2D eigenvalue weighted by atomic mass is 10.1. The van der Waals surface area contributed by atoms with E-state index in [1.54, 1.807) is 10.9 Å². The van der Waals surface area contributed by atoms with Gasteiger partial charge in [-0.25, -0.2) is 0 Å². The van der Waals surface area contributed by atoms with Crippen LogP contribution in [-0.2, 0) is 18.4 Å². The van der Waals surface area contributed by atoms with Crippen molar-refractivity contribution in [3.63, 3.8) is 0 Å². The molecule has 0 saturated carbocycles. The monoisotopic (exact) mass is 309 g/mol. The van der Waals surface area contributed by atoms with Gasteiger partial charge >= 0.3 is 0 Å². The van der Waals surface area contributed by atoms with Crippen LogP contribution in [0.2, 0.25) is 0 Å². The summed E-state index contributed by atoms with van der Waals surface area (Å²) in [6, 6.07) is 13.8. The molecule has 0 aliphatic carbocycles. The lowest BCUT2D eigenvalue weighted by Gasteiger charge is -2.08. The van der Waals surface area contributed by atoms with Gasteiger partial charge in [0.1, 0.15) is 5.75 Å². The molecule has 1 heterocycles. The van der Waals surface area contributed by atoms with Crippen LogP contribution in [0.5, 0.6) is 5.75 Å². The molecule has 0 bridgehead atoms. The summed E-state index contributed by atoms with van der Waals surface area (Å²) in [7, 11) is 1.88. The molecule has 118 valence electrons. The summed E-state index contributed by atoms with van der Waals surface area (Å²) >= 11 is 0. The lowest BCUT2D eigenvalue weighted by molar-refractivity contribution is -0.123. The van der Waals surface area contributed by atoms with Crippen LogP contribution >= 0.6 is 0 Å². The molecule has 0 spiro atoms. The molecular formula is C18H19N3O2. The van der Waals surface area contributed by atoms with Crippen LogP contribution in [-0.4, -0.2) is 22.3 Å². The van der Waals surface area contributed by atoms with Crippen molar-refractivity contribution in [1.29, 1.82) is 0 Å². The molecule has 0 fully saturated rings. The molecule has 3 aromatic rings. The number of nitrogens with zero attached hydrogens (tertiary/aromatic N) is 2. The number of ether oxygens (including phenoxy) is 1. The normalized spacial score (nSPS) is 10.7. The molecule has 2 aromatic carbocycles. The van der Waals surface area contributed by atoms with Crippen molar-refractivity contribution >= 4 is 16.7 Å². The molecule has 0 aliphatic rings. The summed E-state index contributed by atoms with van der Waals surface area (Å²) in [6.07, 6.45) is 1.76. The highest BCUT2D eigenvalue weighted by Gasteiger charge is 2.07. The van der Waals surface area contributed by atoms with Crippen LogP contribution in [0.3, 0.4) is 0 Å². The number of nitrogens with one attached hydrogen (secondary N) is 1. The van der Waals surface area contributed by atoms with Crippen LogP contribution in [0.15, 0.2) is 48.7 Å². The van der Waals surface area contributed by atoms with Crippen molar-refractivity contribution < 1.29 is 9.53 Å². The summed E-state index contributed by atoms with van der Waals surface area (Å²) < 4.78 is 7.35. The maximum Gasteiger partial charge on any atom is 0.258 e. The predicted octanol–water partition coefficient (Wildman–Crippen LogP) is 2.58. The number of hydrogen-bond acceptors (Lipinski definition) is 3. The van der Waals surface area contributed by atoms with E-state index in [0.717, 1.165) is 22.0 Å². The van der Waals surface area contributed by atoms with Crippen LogP contribution in [0.25, 0.3) is 10.8 Å². The SMILES string of the molecule is Cc1c(CNC(=O)COc2ccc3ccccc3c2)cnn1C. The van der Waals surface area contributed by atoms with Gasteiger partial charge in [0.25, 0.3) is 5.91 Å². The van der Waals surface area contributed by atoms with Gasteiger partial charge < -0.3 is 10.1 Å². The molecule has 3 rings (SSSR count). The average Bonchev–Trinajstić information content (AvgIpc) is 2.89. The Morgan fingerprint density at radius 3 is 2.74 bits per heavy atom. The van der Waals surface area contributed by atoms with Gasteiger partial charge in [0.05, 0.1) is 6.20 Å². The number of rotatable bonds is 5. The Kier molecular flexibility index (Phi) is 4.28. The molecule has 1 aromatic heterocycles. The first kappa shape index (κ1) is 15.1. The quantitative estimate of drug-likeness (QED) is 0.788. The van der Waals surface area contributed by atoms with E-state index in [4.69, 9.17) is 4.74 Å². The van der Waals surface area contributed by atoms with Gasteiger partial charge in [-0.15, -0.1) is 0 Å². The van der Waals surface area contributed by atoms with Gasteiger partial charge in [0, 0.05) is 24.8 Å². The van der Waals surface area contributed by atoms with Gasteiger partial charge in [-0.05, 0) is 29.8 Å². The minimum absolute atomic E-state index is 0.00233. The number of carbonyl (C=O) groups excluding carboxylic acids is 1. The first-order chi connectivity index (χ1) is 11.1. The minimum atomic E-state index is -0.151. The zero-order chi connectivity index (χ0) is 16.2. The summed E-state index contributed by atoms with van der Waals surface area (Å²) in [5.41, 5.74) is 2.05. The minimum Gasteiger partial charge on any atom is -0.484 e. The van der Waals surface area contributed by atoms with Gasteiger partial charge in [-0.1, -0.05) is 30.3 Å². The second kappa shape index (κ2) is 6.52. The van der Waals surface area contributed by atoms with Crippen LogP contribution in [0.1, 0.15) is 11.3 Å². The van der Waals surface area contributed by atoms with Gasteiger partial charge in [-0.2, -0.15) is 5.10 Å². The van der Waals surface area contributed by atoms with E-state index < -0.39 is 0 Å². The molecule has 1 amide bonds. The Balaban J connectivity index is 1.54. The number of benzene rings is 2. The molecule has 0 unspecified atom stereocenters. The fourth-order valence-electron chi connectivity index (χ4n) is 2.37. The van der Waals surface area contributed by atoms with Crippen LogP contribution < -0.4 is 10.1 Å². The van der Waals surface area contributed by atoms with Crippen molar-refractivity contribution in [2.75, 3.05) is 6.61 Å². The maximum absolute atomic E-state index is 11.9. The van der Waals surface area contributed by atoms with E-state index >= 15 is 0 Å². The third-order valence-corrected chi connectivity index (χ3v) is 3.90. The van der Waals surface area contributed by atoms with E-state index in [-0.39, 0.29) is 12.5 Å². The van der Waals surface area contributed by atoms with E-state index in [1.807, 2.05) is 56.4 Å². The summed E-state index contributed by atoms with van der Waals surface area (Å²) in [4.78, 5) is 11.9. The van der Waals surface area contributed by atoms with Crippen LogP contribution in [0.4, 0.5) is 0 Å².